The average Bonchev–Trinajstić information content (AvgIpc) is 2.83. The molecule has 2 rings (SSSR count). The van der Waals surface area contributed by atoms with Gasteiger partial charge in [0, 0.05) is 4.47 Å². The molecule has 0 unspecified atom stereocenters. The van der Waals surface area contributed by atoms with Crippen LogP contribution in [0.1, 0.15) is 17.4 Å². The van der Waals surface area contributed by atoms with Crippen LogP contribution in [0.15, 0.2) is 33.4 Å². The Morgan fingerprint density at radius 3 is 3.05 bits per heavy atom. The molecule has 0 fully saturated rings. The summed E-state index contributed by atoms with van der Waals surface area (Å²) in [5.74, 6) is -0.199. The molecule has 0 aliphatic rings. The van der Waals surface area contributed by atoms with E-state index in [-0.39, 0.29) is 18.4 Å². The lowest BCUT2D eigenvalue weighted by atomic mass is 10.3. The Labute approximate surface area is 122 Å². The summed E-state index contributed by atoms with van der Waals surface area (Å²) in [4.78, 5) is 15.3. The van der Waals surface area contributed by atoms with Gasteiger partial charge in [0.15, 0.2) is 11.4 Å². The molecule has 0 aliphatic heterocycles. The van der Waals surface area contributed by atoms with Crippen molar-refractivity contribution in [2.75, 3.05) is 6.61 Å². The first kappa shape index (κ1) is 13.9. The van der Waals surface area contributed by atoms with Crippen molar-refractivity contribution in [2.45, 2.75) is 6.92 Å². The fourth-order valence-corrected chi connectivity index (χ4v) is 1.75. The van der Waals surface area contributed by atoms with Gasteiger partial charge in [0.05, 0.1) is 11.6 Å². The Hall–Kier alpha value is -1.53. The molecular formula is C12H9BrClNO4. The summed E-state index contributed by atoms with van der Waals surface area (Å²) in [5, 5.41) is 0.402. The lowest BCUT2D eigenvalue weighted by molar-refractivity contribution is 0.0519. The number of oxazole rings is 1. The first-order valence-electron chi connectivity index (χ1n) is 5.35. The minimum Gasteiger partial charge on any atom is -0.461 e. The highest BCUT2D eigenvalue weighted by Gasteiger charge is 2.15. The predicted octanol–water partition coefficient (Wildman–Crippen LogP) is 4.06. The van der Waals surface area contributed by atoms with Crippen LogP contribution in [0.5, 0.6) is 11.8 Å². The standard InChI is InChI=1S/C12H9BrClNO4/c1-2-17-11(16)9-6-18-12(15-9)19-10-5-7(13)3-4-8(10)14/h3-6H,2H2,1H3. The number of benzene rings is 1. The van der Waals surface area contributed by atoms with E-state index in [1.807, 2.05) is 0 Å². The number of hydrogen-bond donors (Lipinski definition) is 0. The highest BCUT2D eigenvalue weighted by Crippen LogP contribution is 2.31. The Morgan fingerprint density at radius 1 is 1.53 bits per heavy atom. The number of ether oxygens (including phenoxy) is 2. The van der Waals surface area contributed by atoms with E-state index in [2.05, 4.69) is 20.9 Å². The molecule has 1 aromatic carbocycles. The number of rotatable bonds is 4. The molecule has 0 radical (unpaired) electrons. The molecule has 5 nitrogen and oxygen atoms in total. The molecule has 1 aromatic heterocycles. The van der Waals surface area contributed by atoms with Gasteiger partial charge in [-0.25, -0.2) is 4.79 Å². The Bertz CT molecular complexity index is 599. The Balaban J connectivity index is 2.15. The molecule has 7 heteroatoms. The zero-order chi connectivity index (χ0) is 13.8. The largest absolute Gasteiger partial charge is 0.461 e. The van der Waals surface area contributed by atoms with E-state index < -0.39 is 5.97 Å². The van der Waals surface area contributed by atoms with E-state index >= 15 is 0 Å². The van der Waals surface area contributed by atoms with Gasteiger partial charge in [0.2, 0.25) is 0 Å². The fraction of sp³-hybridized carbons (Fsp3) is 0.167. The zero-order valence-corrected chi connectivity index (χ0v) is 12.2. The molecule has 0 amide bonds. The maximum absolute atomic E-state index is 11.4. The summed E-state index contributed by atoms with van der Waals surface area (Å²) in [6.07, 6.45) is 1.09. The third kappa shape index (κ3) is 3.48. The minimum atomic E-state index is -0.568. The third-order valence-corrected chi connectivity index (χ3v) is 2.86. The summed E-state index contributed by atoms with van der Waals surface area (Å²) >= 11 is 9.25. The molecule has 1 heterocycles. The molecule has 0 saturated carbocycles. The first-order valence-corrected chi connectivity index (χ1v) is 6.52. The number of carbonyl (C=O) groups is 1. The van der Waals surface area contributed by atoms with Crippen LogP contribution in [0.3, 0.4) is 0 Å². The predicted molar refractivity (Wildman–Crippen MR) is 71.7 cm³/mol. The maximum atomic E-state index is 11.4. The molecule has 0 spiro atoms. The van der Waals surface area contributed by atoms with E-state index in [9.17, 15) is 4.79 Å². The molecule has 0 atom stereocenters. The number of aromatic nitrogens is 1. The second-order valence-electron chi connectivity index (χ2n) is 3.40. The van der Waals surface area contributed by atoms with Crippen LogP contribution in [0.25, 0.3) is 0 Å². The van der Waals surface area contributed by atoms with Gasteiger partial charge in [0.1, 0.15) is 6.26 Å². The highest BCUT2D eigenvalue weighted by atomic mass is 79.9. The van der Waals surface area contributed by atoms with Crippen LogP contribution < -0.4 is 4.74 Å². The quantitative estimate of drug-likeness (QED) is 0.781. The van der Waals surface area contributed by atoms with Crippen molar-refractivity contribution in [3.05, 3.63) is 39.7 Å². The number of nitrogens with zero attached hydrogens (tertiary/aromatic N) is 1. The van der Waals surface area contributed by atoms with E-state index in [0.717, 1.165) is 4.47 Å². The van der Waals surface area contributed by atoms with Crippen molar-refractivity contribution in [3.63, 3.8) is 0 Å². The van der Waals surface area contributed by atoms with Crippen molar-refractivity contribution >= 4 is 33.5 Å². The summed E-state index contributed by atoms with van der Waals surface area (Å²) < 4.78 is 16.0. The van der Waals surface area contributed by atoms with Crippen LogP contribution in [0.2, 0.25) is 5.02 Å². The monoisotopic (exact) mass is 345 g/mol. The van der Waals surface area contributed by atoms with Gasteiger partial charge >= 0.3 is 12.0 Å². The summed E-state index contributed by atoms with van der Waals surface area (Å²) in [5.41, 5.74) is 0.0444. The van der Waals surface area contributed by atoms with E-state index in [0.29, 0.717) is 10.8 Å². The van der Waals surface area contributed by atoms with Gasteiger partial charge in [-0.3, -0.25) is 0 Å². The van der Waals surface area contributed by atoms with Crippen LogP contribution >= 0.6 is 27.5 Å². The molecule has 0 saturated heterocycles. The molecule has 100 valence electrons. The normalized spacial score (nSPS) is 10.3. The van der Waals surface area contributed by atoms with Crippen molar-refractivity contribution in [2.24, 2.45) is 0 Å². The number of carbonyl (C=O) groups excluding carboxylic acids is 1. The van der Waals surface area contributed by atoms with Gasteiger partial charge in [-0.05, 0) is 25.1 Å². The number of esters is 1. The SMILES string of the molecule is CCOC(=O)c1coc(Oc2cc(Br)ccc2Cl)n1. The molecule has 0 N–H and O–H groups in total. The van der Waals surface area contributed by atoms with Gasteiger partial charge in [-0.1, -0.05) is 27.5 Å². The van der Waals surface area contributed by atoms with Crippen molar-refractivity contribution in [1.29, 1.82) is 0 Å². The lowest BCUT2D eigenvalue weighted by Crippen LogP contribution is -2.04. The summed E-state index contributed by atoms with van der Waals surface area (Å²) in [6.45, 7) is 1.97. The minimum absolute atomic E-state index is 0.0444. The van der Waals surface area contributed by atoms with E-state index in [1.54, 1.807) is 25.1 Å². The molecular weight excluding hydrogens is 337 g/mol. The van der Waals surface area contributed by atoms with Crippen LogP contribution in [0.4, 0.5) is 0 Å². The lowest BCUT2D eigenvalue weighted by Gasteiger charge is -2.03. The van der Waals surface area contributed by atoms with E-state index in [1.165, 1.54) is 6.26 Å². The van der Waals surface area contributed by atoms with Crippen LogP contribution in [-0.2, 0) is 4.74 Å². The molecule has 19 heavy (non-hydrogen) atoms. The second kappa shape index (κ2) is 6.08. The Kier molecular flexibility index (Phi) is 4.44. The maximum Gasteiger partial charge on any atom is 0.399 e. The number of hydrogen-bond acceptors (Lipinski definition) is 5. The summed E-state index contributed by atoms with van der Waals surface area (Å²) in [6, 6.07) is 5.10. The van der Waals surface area contributed by atoms with Crippen molar-refractivity contribution in [1.82, 2.24) is 4.98 Å². The average molecular weight is 347 g/mol. The summed E-state index contributed by atoms with van der Waals surface area (Å²) in [7, 11) is 0. The zero-order valence-electron chi connectivity index (χ0n) is 9.85. The molecule has 0 aliphatic carbocycles. The van der Waals surface area contributed by atoms with E-state index in [4.69, 9.17) is 25.5 Å². The van der Waals surface area contributed by atoms with Gasteiger partial charge in [0.25, 0.3) is 0 Å². The second-order valence-corrected chi connectivity index (χ2v) is 4.72. The first-order chi connectivity index (χ1) is 9.10. The van der Waals surface area contributed by atoms with Crippen LogP contribution in [0, 0.1) is 0 Å². The highest BCUT2D eigenvalue weighted by molar-refractivity contribution is 9.10. The van der Waals surface area contributed by atoms with Gasteiger partial charge in [-0.15, -0.1) is 0 Å². The molecule has 0 bridgehead atoms. The number of halogens is 2. The smallest absolute Gasteiger partial charge is 0.399 e. The van der Waals surface area contributed by atoms with Gasteiger partial charge < -0.3 is 13.9 Å². The van der Waals surface area contributed by atoms with Gasteiger partial charge in [-0.2, -0.15) is 4.98 Å². The third-order valence-electron chi connectivity index (χ3n) is 2.06. The molecule has 2 aromatic rings. The topological polar surface area (TPSA) is 61.6 Å². The van der Waals surface area contributed by atoms with Crippen molar-refractivity contribution in [3.8, 4) is 11.8 Å². The van der Waals surface area contributed by atoms with Crippen molar-refractivity contribution < 1.29 is 18.7 Å². The fourth-order valence-electron chi connectivity index (χ4n) is 1.25. The Morgan fingerprint density at radius 2 is 2.32 bits per heavy atom. The van der Waals surface area contributed by atoms with Crippen LogP contribution in [-0.4, -0.2) is 17.6 Å².